The summed E-state index contributed by atoms with van der Waals surface area (Å²) in [6.07, 6.45) is 9.56. The third kappa shape index (κ3) is 9.01. The van der Waals surface area contributed by atoms with E-state index < -0.39 is 18.0 Å². The predicted octanol–water partition coefficient (Wildman–Crippen LogP) is 2.99. The van der Waals surface area contributed by atoms with Crippen LogP contribution in [-0.4, -0.2) is 40.5 Å². The molecule has 24 heavy (non-hydrogen) atoms. The minimum atomic E-state index is -0.884. The number of aliphatic carboxylic acids is 2. The van der Waals surface area contributed by atoms with Crippen LogP contribution < -0.4 is 5.32 Å². The van der Waals surface area contributed by atoms with Crippen LogP contribution in [0.15, 0.2) is 0 Å². The first-order valence-corrected chi connectivity index (χ1v) is 9.21. The van der Waals surface area contributed by atoms with Crippen molar-refractivity contribution < 1.29 is 24.6 Å². The van der Waals surface area contributed by atoms with Gasteiger partial charge in [0.15, 0.2) is 0 Å². The Balaban J connectivity index is 2.15. The predicted molar refractivity (Wildman–Crippen MR) is 91.0 cm³/mol. The fraction of sp³-hybridized carbons (Fsp3) is 0.833. The van der Waals surface area contributed by atoms with Gasteiger partial charge in [0.2, 0.25) is 0 Å². The van der Waals surface area contributed by atoms with Gasteiger partial charge in [-0.25, -0.2) is 0 Å². The molecule has 0 radical (unpaired) electrons. The van der Waals surface area contributed by atoms with E-state index in [1.807, 2.05) is 0 Å². The molecule has 1 atom stereocenters. The number of hydrogen-bond donors (Lipinski definition) is 3. The van der Waals surface area contributed by atoms with Crippen LogP contribution in [0.2, 0.25) is 0 Å². The zero-order chi connectivity index (χ0) is 17.8. The van der Waals surface area contributed by atoms with Crippen molar-refractivity contribution in [3.05, 3.63) is 0 Å². The first kappa shape index (κ1) is 20.6. The molecular formula is C18H31NO5. The highest BCUT2D eigenvalue weighted by atomic mass is 16.4. The van der Waals surface area contributed by atoms with Gasteiger partial charge in [-0.2, -0.15) is 0 Å². The zero-order valence-electron chi connectivity index (χ0n) is 14.5. The summed E-state index contributed by atoms with van der Waals surface area (Å²) in [6, 6.07) is -0.622. The van der Waals surface area contributed by atoms with Crippen LogP contribution in [0.4, 0.5) is 0 Å². The Morgan fingerprint density at radius 2 is 1.58 bits per heavy atom. The molecule has 1 aliphatic rings. The standard InChI is InChI=1S/C18H31NO5/c20-16(14-8-4-3-5-9-14)12-13-19-15(18(23)24)10-6-1-2-7-11-17(21)22/h14-15,19H,1-13H2,(H,21,22)(H,23,24)/t15-/m0/s1. The van der Waals surface area contributed by atoms with Gasteiger partial charge < -0.3 is 15.5 Å². The molecular weight excluding hydrogens is 310 g/mol. The molecule has 1 rings (SSSR count). The minimum Gasteiger partial charge on any atom is -0.481 e. The molecule has 1 fully saturated rings. The topological polar surface area (TPSA) is 104 Å². The van der Waals surface area contributed by atoms with Crippen molar-refractivity contribution in [1.82, 2.24) is 5.32 Å². The molecule has 0 spiro atoms. The molecule has 0 unspecified atom stereocenters. The third-order valence-corrected chi connectivity index (χ3v) is 4.75. The molecule has 6 heteroatoms. The van der Waals surface area contributed by atoms with Gasteiger partial charge in [0.25, 0.3) is 0 Å². The maximum absolute atomic E-state index is 12.1. The molecule has 1 aliphatic carbocycles. The van der Waals surface area contributed by atoms with E-state index in [0.29, 0.717) is 25.8 Å². The van der Waals surface area contributed by atoms with Crippen molar-refractivity contribution in [2.24, 2.45) is 5.92 Å². The first-order valence-electron chi connectivity index (χ1n) is 9.21. The molecule has 0 bridgehead atoms. The van der Waals surface area contributed by atoms with Crippen molar-refractivity contribution in [1.29, 1.82) is 0 Å². The number of carbonyl (C=O) groups excluding carboxylic acids is 1. The first-order chi connectivity index (χ1) is 11.5. The summed E-state index contributed by atoms with van der Waals surface area (Å²) in [5, 5.41) is 20.8. The summed E-state index contributed by atoms with van der Waals surface area (Å²) in [4.78, 5) is 33.8. The van der Waals surface area contributed by atoms with Crippen molar-refractivity contribution in [3.8, 4) is 0 Å². The number of hydrogen-bond acceptors (Lipinski definition) is 4. The highest BCUT2D eigenvalue weighted by Crippen LogP contribution is 2.25. The van der Waals surface area contributed by atoms with Gasteiger partial charge >= 0.3 is 11.9 Å². The van der Waals surface area contributed by atoms with E-state index in [-0.39, 0.29) is 18.1 Å². The molecule has 3 N–H and O–H groups in total. The van der Waals surface area contributed by atoms with Gasteiger partial charge in [0.1, 0.15) is 11.8 Å². The number of carbonyl (C=O) groups is 3. The Hall–Kier alpha value is -1.43. The molecule has 138 valence electrons. The number of Topliss-reactive ketones (excluding diaryl/α,β-unsaturated/α-hetero) is 1. The van der Waals surface area contributed by atoms with Gasteiger partial charge in [-0.05, 0) is 25.7 Å². The Bertz CT molecular complexity index is 404. The molecule has 0 saturated heterocycles. The van der Waals surface area contributed by atoms with Crippen molar-refractivity contribution >= 4 is 17.7 Å². The molecule has 0 aromatic carbocycles. The van der Waals surface area contributed by atoms with E-state index in [1.54, 1.807) is 0 Å². The number of nitrogens with one attached hydrogen (secondary N) is 1. The maximum atomic E-state index is 12.1. The molecule has 0 amide bonds. The largest absolute Gasteiger partial charge is 0.481 e. The van der Waals surface area contributed by atoms with Crippen LogP contribution in [0.1, 0.15) is 77.0 Å². The summed E-state index contributed by atoms with van der Waals surface area (Å²) in [7, 11) is 0. The average Bonchev–Trinajstić information content (AvgIpc) is 2.56. The third-order valence-electron chi connectivity index (χ3n) is 4.75. The van der Waals surface area contributed by atoms with Crippen LogP contribution in [0.3, 0.4) is 0 Å². The van der Waals surface area contributed by atoms with E-state index in [2.05, 4.69) is 5.32 Å². The minimum absolute atomic E-state index is 0.171. The van der Waals surface area contributed by atoms with Gasteiger partial charge in [-0.15, -0.1) is 0 Å². The van der Waals surface area contributed by atoms with E-state index in [9.17, 15) is 19.5 Å². The summed E-state index contributed by atoms with van der Waals surface area (Å²) < 4.78 is 0. The fourth-order valence-electron chi connectivity index (χ4n) is 3.29. The van der Waals surface area contributed by atoms with E-state index >= 15 is 0 Å². The van der Waals surface area contributed by atoms with E-state index in [4.69, 9.17) is 5.11 Å². The monoisotopic (exact) mass is 341 g/mol. The summed E-state index contributed by atoms with van der Waals surface area (Å²) in [6.45, 7) is 0.422. The second kappa shape index (κ2) is 12.0. The van der Waals surface area contributed by atoms with Crippen LogP contribution in [0, 0.1) is 5.92 Å². The number of carboxylic acid groups (broad SMARTS) is 2. The van der Waals surface area contributed by atoms with Gasteiger partial charge in [-0.1, -0.05) is 38.5 Å². The smallest absolute Gasteiger partial charge is 0.320 e. The number of ketones is 1. The molecule has 0 heterocycles. The Kier molecular flexibility index (Phi) is 10.3. The molecule has 0 aliphatic heterocycles. The number of unbranched alkanes of at least 4 members (excludes halogenated alkanes) is 3. The van der Waals surface area contributed by atoms with Crippen LogP contribution in [0.5, 0.6) is 0 Å². The lowest BCUT2D eigenvalue weighted by Gasteiger charge is -2.21. The second-order valence-corrected chi connectivity index (χ2v) is 6.74. The van der Waals surface area contributed by atoms with Gasteiger partial charge in [0.05, 0.1) is 0 Å². The molecule has 0 aromatic heterocycles. The second-order valence-electron chi connectivity index (χ2n) is 6.74. The van der Waals surface area contributed by atoms with Crippen molar-refractivity contribution in [2.75, 3.05) is 6.54 Å². The molecule has 0 aromatic rings. The Morgan fingerprint density at radius 3 is 2.21 bits per heavy atom. The van der Waals surface area contributed by atoms with Crippen LogP contribution in [-0.2, 0) is 14.4 Å². The lowest BCUT2D eigenvalue weighted by molar-refractivity contribution is -0.140. The SMILES string of the molecule is O=C(O)CCCCCC[C@H](NCCC(=O)C1CCCCC1)C(=O)O. The van der Waals surface area contributed by atoms with Gasteiger partial charge in [-0.3, -0.25) is 14.4 Å². The lowest BCUT2D eigenvalue weighted by Crippen LogP contribution is -2.38. The highest BCUT2D eigenvalue weighted by Gasteiger charge is 2.21. The maximum Gasteiger partial charge on any atom is 0.320 e. The van der Waals surface area contributed by atoms with E-state index in [0.717, 1.165) is 44.9 Å². The summed E-state index contributed by atoms with van der Waals surface area (Å²) >= 11 is 0. The normalized spacial score (nSPS) is 16.7. The Morgan fingerprint density at radius 1 is 0.917 bits per heavy atom. The van der Waals surface area contributed by atoms with E-state index in [1.165, 1.54) is 6.42 Å². The highest BCUT2D eigenvalue weighted by molar-refractivity contribution is 5.81. The quantitative estimate of drug-likeness (QED) is 0.445. The summed E-state index contributed by atoms with van der Waals surface area (Å²) in [5.41, 5.74) is 0. The van der Waals surface area contributed by atoms with Crippen molar-refractivity contribution in [2.45, 2.75) is 83.1 Å². The van der Waals surface area contributed by atoms with Crippen LogP contribution in [0.25, 0.3) is 0 Å². The molecule has 1 saturated carbocycles. The van der Waals surface area contributed by atoms with Crippen LogP contribution >= 0.6 is 0 Å². The number of rotatable bonds is 13. The average molecular weight is 341 g/mol. The Labute approximate surface area is 144 Å². The molecule has 6 nitrogen and oxygen atoms in total. The lowest BCUT2D eigenvalue weighted by atomic mass is 9.85. The number of carboxylic acids is 2. The zero-order valence-corrected chi connectivity index (χ0v) is 14.5. The van der Waals surface area contributed by atoms with Gasteiger partial charge in [0, 0.05) is 25.3 Å². The summed E-state index contributed by atoms with van der Waals surface area (Å²) in [5.74, 6) is -1.23. The fourth-order valence-corrected chi connectivity index (χ4v) is 3.29. The van der Waals surface area contributed by atoms with Crippen molar-refractivity contribution in [3.63, 3.8) is 0 Å².